The van der Waals surface area contributed by atoms with Gasteiger partial charge in [-0.15, -0.1) is 0 Å². The molecule has 6 heteroatoms. The number of nitrogens with one attached hydrogen (secondary N) is 3. The van der Waals surface area contributed by atoms with Crippen LogP contribution in [0, 0.1) is 13.8 Å². The van der Waals surface area contributed by atoms with Crippen LogP contribution >= 0.6 is 0 Å². The standard InChI is InChI=1S/C18H21N5O/c1-12-3-4-15-17(13(12)2)23-16(22-15)11-20-9-10-21-18(24)14-5-7-19-8-6-14/h3-8,20H,9-11H2,1-2H3,(H,21,24)(H,22,23). The number of fused-ring (bicyclic) bond motifs is 1. The molecular weight excluding hydrogens is 302 g/mol. The molecule has 0 atom stereocenters. The molecule has 24 heavy (non-hydrogen) atoms. The lowest BCUT2D eigenvalue weighted by Crippen LogP contribution is -2.31. The highest BCUT2D eigenvalue weighted by Gasteiger charge is 2.07. The number of amides is 1. The number of pyridine rings is 1. The monoisotopic (exact) mass is 323 g/mol. The molecular formula is C18H21N5O. The van der Waals surface area contributed by atoms with Crippen molar-refractivity contribution in [2.75, 3.05) is 13.1 Å². The average Bonchev–Trinajstić information content (AvgIpc) is 3.02. The highest BCUT2D eigenvalue weighted by molar-refractivity contribution is 5.93. The molecule has 1 aromatic carbocycles. The number of benzene rings is 1. The normalized spacial score (nSPS) is 10.9. The molecule has 1 amide bonds. The van der Waals surface area contributed by atoms with Crippen molar-refractivity contribution in [3.8, 4) is 0 Å². The van der Waals surface area contributed by atoms with Crippen LogP contribution in [0.5, 0.6) is 0 Å². The molecule has 0 aliphatic rings. The highest BCUT2D eigenvalue weighted by Crippen LogP contribution is 2.19. The van der Waals surface area contributed by atoms with Crippen LogP contribution in [-0.2, 0) is 6.54 Å². The number of imidazole rings is 1. The fourth-order valence-electron chi connectivity index (χ4n) is 2.52. The number of carbonyl (C=O) groups is 1. The van der Waals surface area contributed by atoms with E-state index in [4.69, 9.17) is 0 Å². The summed E-state index contributed by atoms with van der Waals surface area (Å²) < 4.78 is 0. The van der Waals surface area contributed by atoms with Crippen molar-refractivity contribution in [3.05, 3.63) is 59.2 Å². The van der Waals surface area contributed by atoms with Crippen molar-refractivity contribution in [1.82, 2.24) is 25.6 Å². The van der Waals surface area contributed by atoms with Gasteiger partial charge in [-0.05, 0) is 43.2 Å². The predicted molar refractivity (Wildman–Crippen MR) is 93.8 cm³/mol. The van der Waals surface area contributed by atoms with Gasteiger partial charge in [-0.1, -0.05) is 6.07 Å². The first-order valence-electron chi connectivity index (χ1n) is 7.99. The number of carbonyl (C=O) groups excluding carboxylic acids is 1. The van der Waals surface area contributed by atoms with E-state index in [2.05, 4.69) is 51.6 Å². The van der Waals surface area contributed by atoms with E-state index < -0.39 is 0 Å². The van der Waals surface area contributed by atoms with Crippen LogP contribution in [0.4, 0.5) is 0 Å². The zero-order valence-corrected chi connectivity index (χ0v) is 13.9. The molecule has 3 rings (SSSR count). The van der Waals surface area contributed by atoms with Crippen molar-refractivity contribution in [2.45, 2.75) is 20.4 Å². The number of aromatic amines is 1. The average molecular weight is 323 g/mol. The first-order valence-corrected chi connectivity index (χ1v) is 7.99. The lowest BCUT2D eigenvalue weighted by molar-refractivity contribution is 0.0954. The number of H-pyrrole nitrogens is 1. The summed E-state index contributed by atoms with van der Waals surface area (Å²) >= 11 is 0. The smallest absolute Gasteiger partial charge is 0.251 e. The summed E-state index contributed by atoms with van der Waals surface area (Å²) in [6, 6.07) is 7.55. The fraction of sp³-hybridized carbons (Fsp3) is 0.278. The number of nitrogens with zero attached hydrogens (tertiary/aromatic N) is 2. The predicted octanol–water partition coefficient (Wildman–Crippen LogP) is 2.09. The van der Waals surface area contributed by atoms with E-state index in [-0.39, 0.29) is 5.91 Å². The SMILES string of the molecule is Cc1ccc2[nH]c(CNCCNC(=O)c3ccncc3)nc2c1C. The van der Waals surface area contributed by atoms with E-state index >= 15 is 0 Å². The largest absolute Gasteiger partial charge is 0.351 e. The first-order chi connectivity index (χ1) is 11.6. The zero-order chi connectivity index (χ0) is 16.9. The third-order valence-electron chi connectivity index (χ3n) is 4.05. The third-order valence-corrected chi connectivity index (χ3v) is 4.05. The maximum absolute atomic E-state index is 11.9. The Balaban J connectivity index is 1.47. The first kappa shape index (κ1) is 16.1. The summed E-state index contributed by atoms with van der Waals surface area (Å²) in [6.07, 6.45) is 3.22. The van der Waals surface area contributed by atoms with Gasteiger partial charge in [0.15, 0.2) is 0 Å². The Morgan fingerprint density at radius 2 is 1.92 bits per heavy atom. The molecule has 0 fully saturated rings. The highest BCUT2D eigenvalue weighted by atomic mass is 16.1. The molecule has 3 aromatic rings. The summed E-state index contributed by atoms with van der Waals surface area (Å²) in [6.45, 7) is 6.04. The van der Waals surface area contributed by atoms with Gasteiger partial charge in [0.1, 0.15) is 5.82 Å². The van der Waals surface area contributed by atoms with Crippen LogP contribution in [0.2, 0.25) is 0 Å². The topological polar surface area (TPSA) is 82.7 Å². The Morgan fingerprint density at radius 1 is 1.12 bits per heavy atom. The lowest BCUT2D eigenvalue weighted by atomic mass is 10.1. The zero-order valence-electron chi connectivity index (χ0n) is 13.9. The third kappa shape index (κ3) is 3.60. The Kier molecular flexibility index (Phi) is 4.86. The molecule has 0 aliphatic heterocycles. The van der Waals surface area contributed by atoms with Crippen LogP contribution in [0.25, 0.3) is 11.0 Å². The Bertz CT molecular complexity index is 841. The molecule has 6 nitrogen and oxygen atoms in total. The molecule has 0 saturated heterocycles. The van der Waals surface area contributed by atoms with E-state index in [9.17, 15) is 4.79 Å². The van der Waals surface area contributed by atoms with Crippen molar-refractivity contribution in [1.29, 1.82) is 0 Å². The van der Waals surface area contributed by atoms with Gasteiger partial charge in [0.2, 0.25) is 0 Å². The summed E-state index contributed by atoms with van der Waals surface area (Å²) in [5, 5.41) is 6.15. The van der Waals surface area contributed by atoms with Crippen molar-refractivity contribution in [3.63, 3.8) is 0 Å². The quantitative estimate of drug-likeness (QED) is 0.607. The number of hydrogen-bond donors (Lipinski definition) is 3. The Labute approximate surface area is 140 Å². The van der Waals surface area contributed by atoms with E-state index in [1.54, 1.807) is 24.5 Å². The van der Waals surface area contributed by atoms with Crippen LogP contribution < -0.4 is 10.6 Å². The molecule has 3 N–H and O–H groups in total. The number of aryl methyl sites for hydroxylation is 2. The summed E-state index contributed by atoms with van der Waals surface area (Å²) in [5.74, 6) is 0.813. The minimum atomic E-state index is -0.0889. The van der Waals surface area contributed by atoms with E-state index in [1.165, 1.54) is 11.1 Å². The van der Waals surface area contributed by atoms with Crippen LogP contribution in [0.3, 0.4) is 0 Å². The van der Waals surface area contributed by atoms with Gasteiger partial charge >= 0.3 is 0 Å². The van der Waals surface area contributed by atoms with Gasteiger partial charge in [0.05, 0.1) is 17.6 Å². The molecule has 2 aromatic heterocycles. The second kappa shape index (κ2) is 7.23. The van der Waals surface area contributed by atoms with Crippen LogP contribution in [0.15, 0.2) is 36.7 Å². The van der Waals surface area contributed by atoms with Crippen molar-refractivity contribution < 1.29 is 4.79 Å². The van der Waals surface area contributed by atoms with Crippen molar-refractivity contribution >= 4 is 16.9 Å². The van der Waals surface area contributed by atoms with Gasteiger partial charge in [0.25, 0.3) is 5.91 Å². The molecule has 0 radical (unpaired) electrons. The number of aromatic nitrogens is 3. The minimum absolute atomic E-state index is 0.0889. The van der Waals surface area contributed by atoms with E-state index in [1.807, 2.05) is 0 Å². The van der Waals surface area contributed by atoms with Gasteiger partial charge in [-0.2, -0.15) is 0 Å². The van der Waals surface area contributed by atoms with E-state index in [0.29, 0.717) is 25.2 Å². The maximum Gasteiger partial charge on any atom is 0.251 e. The Morgan fingerprint density at radius 3 is 2.71 bits per heavy atom. The molecule has 2 heterocycles. The lowest BCUT2D eigenvalue weighted by Gasteiger charge is -2.05. The molecule has 0 saturated carbocycles. The van der Waals surface area contributed by atoms with Gasteiger partial charge in [-0.3, -0.25) is 9.78 Å². The second-order valence-electron chi connectivity index (χ2n) is 5.76. The molecule has 124 valence electrons. The molecule has 0 unspecified atom stereocenters. The molecule has 0 spiro atoms. The number of hydrogen-bond acceptors (Lipinski definition) is 4. The molecule has 0 bridgehead atoms. The van der Waals surface area contributed by atoms with Crippen molar-refractivity contribution in [2.24, 2.45) is 0 Å². The van der Waals surface area contributed by atoms with Crippen LogP contribution in [0.1, 0.15) is 27.3 Å². The van der Waals surface area contributed by atoms with Gasteiger partial charge < -0.3 is 15.6 Å². The molecule has 0 aliphatic carbocycles. The summed E-state index contributed by atoms with van der Waals surface area (Å²) in [5.41, 5.74) is 5.15. The maximum atomic E-state index is 11.9. The van der Waals surface area contributed by atoms with Gasteiger partial charge in [-0.25, -0.2) is 4.98 Å². The fourth-order valence-corrected chi connectivity index (χ4v) is 2.52. The number of rotatable bonds is 6. The van der Waals surface area contributed by atoms with Crippen LogP contribution in [-0.4, -0.2) is 33.9 Å². The second-order valence-corrected chi connectivity index (χ2v) is 5.76. The Hall–Kier alpha value is -2.73. The summed E-state index contributed by atoms with van der Waals surface area (Å²) in [7, 11) is 0. The summed E-state index contributed by atoms with van der Waals surface area (Å²) in [4.78, 5) is 23.7. The van der Waals surface area contributed by atoms with E-state index in [0.717, 1.165) is 16.9 Å². The minimum Gasteiger partial charge on any atom is -0.351 e. The van der Waals surface area contributed by atoms with Gasteiger partial charge in [0, 0.05) is 31.0 Å².